The van der Waals surface area contributed by atoms with Gasteiger partial charge in [-0.25, -0.2) is 0 Å². The fraction of sp³-hybridized carbons (Fsp3) is 0.400. The molecule has 7 nitrogen and oxygen atoms in total. The third kappa shape index (κ3) is 2.65. The molecule has 1 aromatic carbocycles. The molecule has 2 aliphatic rings. The average Bonchev–Trinajstić information content (AvgIpc) is 3.06. The molecule has 2 aromatic rings. The first kappa shape index (κ1) is 17.5. The smallest absolute Gasteiger partial charge is 0.233 e. The van der Waals surface area contributed by atoms with Crippen molar-refractivity contribution in [1.29, 1.82) is 0 Å². The van der Waals surface area contributed by atoms with E-state index in [1.807, 2.05) is 19.1 Å². The lowest BCUT2D eigenvalue weighted by Gasteiger charge is -2.31. The molecule has 0 amide bonds. The monoisotopic (exact) mass is 370 g/mol. The minimum absolute atomic E-state index is 0.147. The van der Waals surface area contributed by atoms with Gasteiger partial charge in [-0.1, -0.05) is 5.16 Å². The van der Waals surface area contributed by atoms with Crippen LogP contribution < -0.4 is 19.5 Å². The molecule has 0 spiro atoms. The van der Waals surface area contributed by atoms with E-state index in [1.165, 1.54) is 0 Å². The van der Waals surface area contributed by atoms with E-state index in [4.69, 9.17) is 18.7 Å². The molecule has 27 heavy (non-hydrogen) atoms. The van der Waals surface area contributed by atoms with Gasteiger partial charge in [-0.05, 0) is 37.5 Å². The number of nitrogens with zero attached hydrogens (tertiary/aromatic N) is 1. The molecule has 0 saturated carbocycles. The Morgan fingerprint density at radius 2 is 1.81 bits per heavy atom. The lowest BCUT2D eigenvalue weighted by Crippen LogP contribution is -2.26. The highest BCUT2D eigenvalue weighted by atomic mass is 16.5. The maximum absolute atomic E-state index is 12.9. The average molecular weight is 370 g/mol. The third-order valence-corrected chi connectivity index (χ3v) is 5.23. The van der Waals surface area contributed by atoms with Gasteiger partial charge in [-0.15, -0.1) is 0 Å². The van der Waals surface area contributed by atoms with Crippen LogP contribution in [0.5, 0.6) is 17.2 Å². The van der Waals surface area contributed by atoms with E-state index in [0.717, 1.165) is 40.9 Å². The third-order valence-electron chi connectivity index (χ3n) is 5.23. The van der Waals surface area contributed by atoms with E-state index < -0.39 is 0 Å². The van der Waals surface area contributed by atoms with E-state index in [1.54, 1.807) is 21.3 Å². The molecule has 0 radical (unpaired) electrons. The van der Waals surface area contributed by atoms with Crippen LogP contribution in [-0.4, -0.2) is 32.3 Å². The van der Waals surface area contributed by atoms with Crippen LogP contribution in [0.4, 0.5) is 5.88 Å². The minimum Gasteiger partial charge on any atom is -0.493 e. The molecular weight excluding hydrogens is 348 g/mol. The molecule has 2 heterocycles. The van der Waals surface area contributed by atoms with Crippen LogP contribution in [-0.2, 0) is 4.79 Å². The minimum atomic E-state index is -0.288. The van der Waals surface area contributed by atoms with Crippen molar-refractivity contribution in [1.82, 2.24) is 5.16 Å². The maximum Gasteiger partial charge on any atom is 0.233 e. The molecule has 4 rings (SSSR count). The number of carbonyl (C=O) groups excluding carboxylic acids is 1. The van der Waals surface area contributed by atoms with Crippen molar-refractivity contribution in [3.63, 3.8) is 0 Å². The number of hydrogen-bond acceptors (Lipinski definition) is 7. The summed E-state index contributed by atoms with van der Waals surface area (Å²) >= 11 is 0. The SMILES string of the molecule is COc1cc([C@@H]2C3=C(CCCC3=O)Nc3onc(C)c32)cc(OC)c1OC. The maximum atomic E-state index is 12.9. The Bertz CT molecular complexity index is 919. The first-order valence-electron chi connectivity index (χ1n) is 8.88. The summed E-state index contributed by atoms with van der Waals surface area (Å²) in [6.07, 6.45) is 2.18. The normalized spacial score (nSPS) is 18.5. The van der Waals surface area contributed by atoms with Gasteiger partial charge in [0, 0.05) is 23.6 Å². The Balaban J connectivity index is 1.97. The summed E-state index contributed by atoms with van der Waals surface area (Å²) in [7, 11) is 4.73. The molecule has 0 bridgehead atoms. The van der Waals surface area contributed by atoms with Crippen molar-refractivity contribution in [2.45, 2.75) is 32.1 Å². The number of carbonyl (C=O) groups is 1. The van der Waals surface area contributed by atoms with Gasteiger partial charge in [0.25, 0.3) is 0 Å². The zero-order valence-electron chi connectivity index (χ0n) is 15.8. The topological polar surface area (TPSA) is 82.8 Å². The summed E-state index contributed by atoms with van der Waals surface area (Å²) in [5.41, 5.74) is 4.18. The van der Waals surface area contributed by atoms with E-state index >= 15 is 0 Å². The summed E-state index contributed by atoms with van der Waals surface area (Å²) in [5.74, 6) is 2.07. The molecule has 1 aliphatic carbocycles. The lowest BCUT2D eigenvalue weighted by molar-refractivity contribution is -0.116. The van der Waals surface area contributed by atoms with Gasteiger partial charge in [-0.2, -0.15) is 0 Å². The van der Waals surface area contributed by atoms with Gasteiger partial charge < -0.3 is 24.1 Å². The van der Waals surface area contributed by atoms with Gasteiger partial charge in [0.05, 0.1) is 32.6 Å². The molecule has 7 heteroatoms. The zero-order chi connectivity index (χ0) is 19.1. The van der Waals surface area contributed by atoms with Crippen molar-refractivity contribution < 1.29 is 23.5 Å². The van der Waals surface area contributed by atoms with Crippen molar-refractivity contribution in [3.8, 4) is 17.2 Å². The van der Waals surface area contributed by atoms with Gasteiger partial charge in [0.2, 0.25) is 11.6 Å². The number of ether oxygens (including phenoxy) is 3. The number of aromatic nitrogens is 1. The zero-order valence-corrected chi connectivity index (χ0v) is 15.8. The Hall–Kier alpha value is -2.96. The van der Waals surface area contributed by atoms with Crippen LogP contribution in [0.15, 0.2) is 27.9 Å². The number of allylic oxidation sites excluding steroid dienone is 2. The Morgan fingerprint density at radius 3 is 2.44 bits per heavy atom. The molecule has 1 aromatic heterocycles. The van der Waals surface area contributed by atoms with Crippen molar-refractivity contribution in [3.05, 3.63) is 40.2 Å². The standard InChI is InChI=1S/C20H22N2O5/c1-10-16-17(11-8-14(24-2)19(26-4)15(9-11)25-3)18-12(6-5-7-13(18)23)21-20(16)27-22-10/h8-9,17,21H,5-7H2,1-4H3/t17-/m0/s1. The first-order valence-corrected chi connectivity index (χ1v) is 8.88. The summed E-state index contributed by atoms with van der Waals surface area (Å²) in [5, 5.41) is 7.39. The van der Waals surface area contributed by atoms with Gasteiger partial charge >= 0.3 is 0 Å². The second kappa shape index (κ2) is 6.64. The number of anilines is 1. The Labute approximate surface area is 157 Å². The quantitative estimate of drug-likeness (QED) is 0.881. The Morgan fingerprint density at radius 1 is 1.11 bits per heavy atom. The second-order valence-corrected chi connectivity index (χ2v) is 6.70. The number of fused-ring (bicyclic) bond motifs is 1. The van der Waals surface area contributed by atoms with E-state index in [-0.39, 0.29) is 11.7 Å². The number of methoxy groups -OCH3 is 3. The molecular formula is C20H22N2O5. The van der Waals surface area contributed by atoms with E-state index in [2.05, 4.69) is 10.5 Å². The molecule has 1 N–H and O–H groups in total. The highest BCUT2D eigenvalue weighted by Gasteiger charge is 2.39. The summed E-state index contributed by atoms with van der Waals surface area (Å²) in [6.45, 7) is 1.88. The van der Waals surface area contributed by atoms with Gasteiger partial charge in [-0.3, -0.25) is 4.79 Å². The van der Waals surface area contributed by atoms with Gasteiger partial charge in [0.15, 0.2) is 17.3 Å². The predicted octanol–water partition coefficient (Wildman–Crippen LogP) is 3.57. The largest absolute Gasteiger partial charge is 0.493 e. The van der Waals surface area contributed by atoms with Crippen molar-refractivity contribution in [2.24, 2.45) is 0 Å². The van der Waals surface area contributed by atoms with Crippen LogP contribution in [0.3, 0.4) is 0 Å². The lowest BCUT2D eigenvalue weighted by atomic mass is 9.76. The van der Waals surface area contributed by atoms with Gasteiger partial charge in [0.1, 0.15) is 0 Å². The van der Waals surface area contributed by atoms with Crippen LogP contribution in [0.2, 0.25) is 0 Å². The number of hydrogen-bond donors (Lipinski definition) is 1. The van der Waals surface area contributed by atoms with Crippen LogP contribution in [0.25, 0.3) is 0 Å². The number of nitrogens with one attached hydrogen (secondary N) is 1. The predicted molar refractivity (Wildman–Crippen MR) is 98.7 cm³/mol. The fourth-order valence-electron chi connectivity index (χ4n) is 4.02. The van der Waals surface area contributed by atoms with Crippen LogP contribution in [0, 0.1) is 6.92 Å². The second-order valence-electron chi connectivity index (χ2n) is 6.70. The van der Waals surface area contributed by atoms with E-state index in [0.29, 0.717) is 29.6 Å². The molecule has 1 atom stereocenters. The molecule has 142 valence electrons. The number of rotatable bonds is 4. The fourth-order valence-corrected chi connectivity index (χ4v) is 4.02. The molecule has 0 fully saturated rings. The number of Topliss-reactive ketones (excluding diaryl/α,β-unsaturated/α-hetero) is 1. The summed E-state index contributed by atoms with van der Waals surface area (Å²) < 4.78 is 21.9. The number of ketones is 1. The van der Waals surface area contributed by atoms with E-state index in [9.17, 15) is 4.79 Å². The molecule has 1 aliphatic heterocycles. The summed E-state index contributed by atoms with van der Waals surface area (Å²) in [6, 6.07) is 3.78. The molecule has 0 unspecified atom stereocenters. The highest BCUT2D eigenvalue weighted by molar-refractivity contribution is 6.01. The van der Waals surface area contributed by atoms with Crippen molar-refractivity contribution >= 4 is 11.7 Å². The number of aryl methyl sites for hydroxylation is 1. The summed E-state index contributed by atoms with van der Waals surface area (Å²) in [4.78, 5) is 12.9. The van der Waals surface area contributed by atoms with Crippen LogP contribution in [0.1, 0.15) is 42.0 Å². The first-order chi connectivity index (χ1) is 13.1. The van der Waals surface area contributed by atoms with Crippen molar-refractivity contribution in [2.75, 3.05) is 26.6 Å². The van der Waals surface area contributed by atoms with Crippen LogP contribution >= 0.6 is 0 Å². The Kier molecular flexibility index (Phi) is 4.30. The number of benzene rings is 1. The highest BCUT2D eigenvalue weighted by Crippen LogP contribution is 2.49. The molecule has 0 saturated heterocycles.